The van der Waals surface area contributed by atoms with Gasteiger partial charge in [-0.3, -0.25) is 19.2 Å². The normalized spacial score (nSPS) is 15.4. The van der Waals surface area contributed by atoms with E-state index in [0.29, 0.717) is 18.6 Å². The van der Waals surface area contributed by atoms with Crippen LogP contribution < -0.4 is 21.7 Å². The Hall–Kier alpha value is -1.81. The fourth-order valence-corrected chi connectivity index (χ4v) is 2.65. The van der Waals surface area contributed by atoms with Gasteiger partial charge in [-0.2, -0.15) is 11.8 Å². The Morgan fingerprint density at radius 3 is 1.96 bits per heavy atom. The second kappa shape index (κ2) is 12.6. The summed E-state index contributed by atoms with van der Waals surface area (Å²) in [6.07, 6.45) is 2.68. The number of hydrogen-bond acceptors (Lipinski definition) is 6. The predicted molar refractivity (Wildman–Crippen MR) is 105 cm³/mol. The van der Waals surface area contributed by atoms with Crippen molar-refractivity contribution in [2.75, 3.05) is 12.0 Å². The molecule has 0 spiro atoms. The maximum absolute atomic E-state index is 12.4. The van der Waals surface area contributed by atoms with Gasteiger partial charge >= 0.3 is 5.97 Å². The summed E-state index contributed by atoms with van der Waals surface area (Å²) in [6, 6.07) is -3.56. The minimum atomic E-state index is -1.17. The first-order valence-electron chi connectivity index (χ1n) is 8.88. The van der Waals surface area contributed by atoms with Crippen LogP contribution in [0.15, 0.2) is 0 Å². The molecule has 0 fully saturated rings. The number of amides is 3. The Morgan fingerprint density at radius 2 is 1.48 bits per heavy atom. The molecule has 156 valence electrons. The lowest BCUT2D eigenvalue weighted by Gasteiger charge is -2.23. The number of nitrogens with two attached hydrogens (primary N) is 1. The Balaban J connectivity index is 4.84. The fourth-order valence-electron chi connectivity index (χ4n) is 2.18. The van der Waals surface area contributed by atoms with Crippen LogP contribution in [0.5, 0.6) is 0 Å². The molecule has 0 radical (unpaired) electrons. The number of carboxylic acid groups (broad SMARTS) is 1. The molecular formula is C17H32N4O5S. The molecule has 4 unspecified atom stereocenters. The summed E-state index contributed by atoms with van der Waals surface area (Å²) < 4.78 is 0. The SMILES string of the molecule is CSCCC(NC(=O)C(C)NC(=O)C(N)CC(C)C)C(=O)NC(C)C(=O)O. The van der Waals surface area contributed by atoms with Crippen molar-refractivity contribution in [3.05, 3.63) is 0 Å². The van der Waals surface area contributed by atoms with E-state index in [-0.39, 0.29) is 5.92 Å². The average Bonchev–Trinajstić information content (AvgIpc) is 2.57. The van der Waals surface area contributed by atoms with Crippen LogP contribution in [0.2, 0.25) is 0 Å². The number of rotatable bonds is 12. The smallest absolute Gasteiger partial charge is 0.325 e. The van der Waals surface area contributed by atoms with E-state index >= 15 is 0 Å². The van der Waals surface area contributed by atoms with Gasteiger partial charge in [-0.05, 0) is 44.6 Å². The summed E-state index contributed by atoms with van der Waals surface area (Å²) in [5, 5.41) is 16.4. The number of thioether (sulfide) groups is 1. The number of carboxylic acids is 1. The molecule has 0 aliphatic rings. The molecule has 3 amide bonds. The van der Waals surface area contributed by atoms with E-state index in [4.69, 9.17) is 10.8 Å². The number of hydrogen-bond donors (Lipinski definition) is 5. The van der Waals surface area contributed by atoms with Gasteiger partial charge in [0.05, 0.1) is 6.04 Å². The zero-order chi connectivity index (χ0) is 21.1. The van der Waals surface area contributed by atoms with Crippen molar-refractivity contribution in [3.63, 3.8) is 0 Å². The average molecular weight is 405 g/mol. The molecule has 9 nitrogen and oxygen atoms in total. The highest BCUT2D eigenvalue weighted by molar-refractivity contribution is 7.98. The predicted octanol–water partition coefficient (Wildman–Crippen LogP) is -0.308. The Kier molecular flexibility index (Phi) is 11.7. The van der Waals surface area contributed by atoms with Gasteiger partial charge in [0.1, 0.15) is 18.1 Å². The monoisotopic (exact) mass is 404 g/mol. The molecule has 0 heterocycles. The van der Waals surface area contributed by atoms with E-state index in [0.717, 1.165) is 0 Å². The van der Waals surface area contributed by atoms with Crippen LogP contribution in [-0.2, 0) is 19.2 Å². The van der Waals surface area contributed by atoms with Gasteiger partial charge in [-0.15, -0.1) is 0 Å². The van der Waals surface area contributed by atoms with E-state index < -0.39 is 47.9 Å². The zero-order valence-electron chi connectivity index (χ0n) is 16.6. The first-order chi connectivity index (χ1) is 12.5. The molecule has 0 aromatic heterocycles. The Labute approximate surface area is 164 Å². The van der Waals surface area contributed by atoms with Crippen LogP contribution in [0.25, 0.3) is 0 Å². The van der Waals surface area contributed by atoms with Crippen molar-refractivity contribution in [2.45, 2.75) is 64.7 Å². The first-order valence-corrected chi connectivity index (χ1v) is 10.3. The molecular weight excluding hydrogens is 372 g/mol. The second-order valence-electron chi connectivity index (χ2n) is 6.88. The van der Waals surface area contributed by atoms with Gasteiger partial charge in [0.25, 0.3) is 0 Å². The molecule has 0 aromatic carbocycles. The van der Waals surface area contributed by atoms with Crippen LogP contribution in [-0.4, -0.2) is 65.0 Å². The molecule has 6 N–H and O–H groups in total. The second-order valence-corrected chi connectivity index (χ2v) is 7.86. The zero-order valence-corrected chi connectivity index (χ0v) is 17.4. The standard InChI is InChI=1S/C17H32N4O5S/c1-9(2)8-12(18)15(23)19-10(3)14(22)21-13(6-7-27-5)16(24)20-11(4)17(25)26/h9-13H,6-8,18H2,1-5H3,(H,19,23)(H,20,24)(H,21,22)(H,25,26). The summed E-state index contributed by atoms with van der Waals surface area (Å²) >= 11 is 1.49. The maximum atomic E-state index is 12.4. The van der Waals surface area contributed by atoms with Crippen molar-refractivity contribution in [1.29, 1.82) is 0 Å². The summed E-state index contributed by atoms with van der Waals surface area (Å²) in [7, 11) is 0. The molecule has 0 rings (SSSR count). The molecule has 0 saturated carbocycles. The van der Waals surface area contributed by atoms with Gasteiger partial charge in [-0.25, -0.2) is 0 Å². The summed E-state index contributed by atoms with van der Waals surface area (Å²) in [5.74, 6) is -1.88. The largest absolute Gasteiger partial charge is 0.480 e. The molecule has 4 atom stereocenters. The lowest BCUT2D eigenvalue weighted by molar-refractivity contribution is -0.141. The highest BCUT2D eigenvalue weighted by atomic mass is 32.2. The highest BCUT2D eigenvalue weighted by Gasteiger charge is 2.27. The maximum Gasteiger partial charge on any atom is 0.325 e. The fraction of sp³-hybridized carbons (Fsp3) is 0.765. The van der Waals surface area contributed by atoms with Gasteiger partial charge < -0.3 is 26.8 Å². The molecule has 0 aliphatic heterocycles. The Bertz CT molecular complexity index is 529. The van der Waals surface area contributed by atoms with E-state index in [1.807, 2.05) is 20.1 Å². The number of aliphatic carboxylic acids is 1. The minimum absolute atomic E-state index is 0.241. The van der Waals surface area contributed by atoms with Crippen LogP contribution in [0.4, 0.5) is 0 Å². The van der Waals surface area contributed by atoms with Crippen molar-refractivity contribution in [3.8, 4) is 0 Å². The third-order valence-corrected chi connectivity index (χ3v) is 4.43. The quantitative estimate of drug-likeness (QED) is 0.299. The Morgan fingerprint density at radius 1 is 0.926 bits per heavy atom. The third-order valence-electron chi connectivity index (χ3n) is 3.79. The minimum Gasteiger partial charge on any atom is -0.480 e. The molecule has 10 heteroatoms. The van der Waals surface area contributed by atoms with Gasteiger partial charge in [0, 0.05) is 0 Å². The lowest BCUT2D eigenvalue weighted by Crippen LogP contribution is -2.56. The molecule has 27 heavy (non-hydrogen) atoms. The van der Waals surface area contributed by atoms with Crippen LogP contribution >= 0.6 is 11.8 Å². The van der Waals surface area contributed by atoms with E-state index in [1.54, 1.807) is 0 Å². The topological polar surface area (TPSA) is 151 Å². The lowest BCUT2D eigenvalue weighted by atomic mass is 10.0. The molecule has 0 aliphatic carbocycles. The van der Waals surface area contributed by atoms with Crippen molar-refractivity contribution in [2.24, 2.45) is 11.7 Å². The van der Waals surface area contributed by atoms with Crippen molar-refractivity contribution < 1.29 is 24.3 Å². The van der Waals surface area contributed by atoms with Crippen LogP contribution in [0.3, 0.4) is 0 Å². The molecule has 0 aromatic rings. The van der Waals surface area contributed by atoms with E-state index in [9.17, 15) is 19.2 Å². The van der Waals surface area contributed by atoms with Gasteiger partial charge in [0.2, 0.25) is 17.7 Å². The van der Waals surface area contributed by atoms with Gasteiger partial charge in [0.15, 0.2) is 0 Å². The van der Waals surface area contributed by atoms with E-state index in [1.165, 1.54) is 25.6 Å². The summed E-state index contributed by atoms with van der Waals surface area (Å²) in [6.45, 7) is 6.72. The number of carbonyl (C=O) groups excluding carboxylic acids is 3. The summed E-state index contributed by atoms with van der Waals surface area (Å²) in [4.78, 5) is 47.6. The first kappa shape index (κ1) is 25.2. The van der Waals surface area contributed by atoms with Crippen LogP contribution in [0.1, 0.15) is 40.5 Å². The van der Waals surface area contributed by atoms with Crippen molar-refractivity contribution in [1.82, 2.24) is 16.0 Å². The van der Waals surface area contributed by atoms with Gasteiger partial charge in [-0.1, -0.05) is 13.8 Å². The highest BCUT2D eigenvalue weighted by Crippen LogP contribution is 2.04. The number of carbonyl (C=O) groups is 4. The third kappa shape index (κ3) is 10.2. The molecule has 0 bridgehead atoms. The van der Waals surface area contributed by atoms with E-state index in [2.05, 4.69) is 16.0 Å². The molecule has 0 saturated heterocycles. The van der Waals surface area contributed by atoms with Crippen LogP contribution in [0, 0.1) is 5.92 Å². The number of nitrogens with one attached hydrogen (secondary N) is 3. The van der Waals surface area contributed by atoms with Crippen molar-refractivity contribution >= 4 is 35.5 Å². The summed E-state index contributed by atoms with van der Waals surface area (Å²) in [5.41, 5.74) is 5.80.